The number of hydrogen-bond acceptors (Lipinski definition) is 4. The molecule has 8 nitrogen and oxygen atoms in total. The van der Waals surface area contributed by atoms with E-state index in [-0.39, 0.29) is 0 Å². The second-order valence-electron chi connectivity index (χ2n) is 11.7. The van der Waals surface area contributed by atoms with Crippen molar-refractivity contribution in [2.45, 2.75) is 63.5 Å². The summed E-state index contributed by atoms with van der Waals surface area (Å²) < 4.78 is 0. The number of hydrogen-bond donors (Lipinski definition) is 6. The fraction of sp³-hybridized carbons (Fsp3) is 0.353. The van der Waals surface area contributed by atoms with Gasteiger partial charge in [-0.3, -0.25) is 9.59 Å². The van der Waals surface area contributed by atoms with Gasteiger partial charge in [-0.2, -0.15) is 0 Å². The third-order valence-electron chi connectivity index (χ3n) is 8.92. The molecule has 2 aromatic carbocycles. The molecule has 2 unspecified atom stereocenters. The summed E-state index contributed by atoms with van der Waals surface area (Å²) in [4.78, 5) is 29.9. The lowest BCUT2D eigenvalue weighted by Gasteiger charge is -2.24. The number of amides is 2. The van der Waals surface area contributed by atoms with Gasteiger partial charge in [0, 0.05) is 68.5 Å². The van der Waals surface area contributed by atoms with Crippen molar-refractivity contribution in [3.8, 4) is 0 Å². The van der Waals surface area contributed by atoms with Gasteiger partial charge in [0.2, 0.25) is 11.8 Å². The number of aromatic nitrogens is 2. The zero-order valence-electron chi connectivity index (χ0n) is 24.0. The maximum Gasteiger partial charge on any atom is 0.248 e. The van der Waals surface area contributed by atoms with Crippen molar-refractivity contribution in [3.63, 3.8) is 0 Å². The maximum atomic E-state index is 11.6. The van der Waals surface area contributed by atoms with Gasteiger partial charge in [-0.1, -0.05) is 12.2 Å². The van der Waals surface area contributed by atoms with Gasteiger partial charge < -0.3 is 32.1 Å². The monoisotopic (exact) mass is 564 g/mol. The number of primary amides is 2. The Kier molecular flexibility index (Phi) is 8.26. The van der Waals surface area contributed by atoms with Gasteiger partial charge in [0.05, 0.1) is 0 Å². The van der Waals surface area contributed by atoms with Gasteiger partial charge >= 0.3 is 0 Å². The van der Waals surface area contributed by atoms with Crippen molar-refractivity contribution in [3.05, 3.63) is 83.2 Å². The summed E-state index contributed by atoms with van der Waals surface area (Å²) in [5.74, 6) is -0.788. The fourth-order valence-electron chi connectivity index (χ4n) is 6.47. The average Bonchev–Trinajstić information content (AvgIpc) is 3.63. The van der Waals surface area contributed by atoms with Gasteiger partial charge in [-0.25, -0.2) is 0 Å². The minimum atomic E-state index is -0.394. The van der Waals surface area contributed by atoms with E-state index < -0.39 is 11.8 Å². The smallest absolute Gasteiger partial charge is 0.248 e. The molecule has 2 aliphatic carbocycles. The van der Waals surface area contributed by atoms with Crippen LogP contribution in [0.5, 0.6) is 0 Å². The number of carbonyl (C=O) groups excluding carboxylic acids is 2. The predicted molar refractivity (Wildman–Crippen MR) is 170 cm³/mol. The van der Waals surface area contributed by atoms with Gasteiger partial charge in [0.25, 0.3) is 0 Å². The second-order valence-corrected chi connectivity index (χ2v) is 11.7. The molecule has 0 saturated heterocycles. The molecule has 2 aliphatic rings. The van der Waals surface area contributed by atoms with Crippen LogP contribution in [0.2, 0.25) is 0 Å². The van der Waals surface area contributed by atoms with Crippen LogP contribution >= 0.6 is 0 Å². The molecule has 0 saturated carbocycles. The second kappa shape index (κ2) is 12.4. The number of nitrogens with one attached hydrogen (secondary N) is 4. The quantitative estimate of drug-likeness (QED) is 0.136. The Hall–Kier alpha value is -4.14. The van der Waals surface area contributed by atoms with E-state index in [1.165, 1.54) is 22.3 Å². The molecule has 8 heteroatoms. The largest absolute Gasteiger partial charge is 0.366 e. The minimum Gasteiger partial charge on any atom is -0.366 e. The Morgan fingerprint density at radius 3 is 1.55 bits per heavy atom. The molecule has 0 fully saturated rings. The fourth-order valence-corrected chi connectivity index (χ4v) is 6.47. The van der Waals surface area contributed by atoms with Crippen LogP contribution in [0.4, 0.5) is 0 Å². The SMILES string of the molecule is NC(=O)c1ccc2[nH]cc(C3=CCC(NCCCCNC4CC=C(c5c[nH]c6ccc(C(N)=O)cc56)CC4)CC3)c2c1. The molecular weight excluding hydrogens is 524 g/mol. The lowest BCUT2D eigenvalue weighted by atomic mass is 9.90. The van der Waals surface area contributed by atoms with Crippen LogP contribution in [0.1, 0.15) is 83.2 Å². The van der Waals surface area contributed by atoms with E-state index in [1.807, 2.05) is 36.7 Å². The van der Waals surface area contributed by atoms with Crippen molar-refractivity contribution in [2.24, 2.45) is 11.5 Å². The van der Waals surface area contributed by atoms with E-state index in [0.29, 0.717) is 23.2 Å². The first-order valence-corrected chi connectivity index (χ1v) is 15.1. The van der Waals surface area contributed by atoms with Crippen molar-refractivity contribution < 1.29 is 9.59 Å². The highest BCUT2D eigenvalue weighted by Gasteiger charge is 2.19. The molecule has 0 bridgehead atoms. The van der Waals surface area contributed by atoms with Crippen LogP contribution in [-0.4, -0.2) is 47.0 Å². The standard InChI is InChI=1S/C34H40N6O2/c35-33(41)23-7-13-31-27(17-23)29(19-39-31)21-3-9-25(10-4-21)37-15-1-2-16-38-26-11-5-22(6-12-26)30-20-40-32-14-8-24(34(36)42)18-28(30)32/h3,5,7-8,13-14,17-20,25-26,37-40H,1-2,4,6,9-12,15-16H2,(H2,35,41)(H2,36,42). The lowest BCUT2D eigenvalue weighted by molar-refractivity contribution is 0.0992. The number of nitrogens with two attached hydrogens (primary N) is 2. The summed E-state index contributed by atoms with van der Waals surface area (Å²) in [5, 5.41) is 9.64. The molecule has 218 valence electrons. The highest BCUT2D eigenvalue weighted by molar-refractivity contribution is 6.01. The van der Waals surface area contributed by atoms with Gasteiger partial charge in [-0.15, -0.1) is 0 Å². The van der Waals surface area contributed by atoms with E-state index in [4.69, 9.17) is 11.5 Å². The minimum absolute atomic E-state index is 0.394. The van der Waals surface area contributed by atoms with Crippen molar-refractivity contribution in [1.29, 1.82) is 0 Å². The highest BCUT2D eigenvalue weighted by Crippen LogP contribution is 2.34. The average molecular weight is 565 g/mol. The number of carbonyl (C=O) groups is 2. The van der Waals surface area contributed by atoms with Crippen LogP contribution in [0.3, 0.4) is 0 Å². The van der Waals surface area contributed by atoms with Crippen molar-refractivity contribution in [2.75, 3.05) is 13.1 Å². The van der Waals surface area contributed by atoms with E-state index in [0.717, 1.165) is 86.3 Å². The zero-order chi connectivity index (χ0) is 29.1. The molecule has 6 rings (SSSR count). The predicted octanol–water partition coefficient (Wildman–Crippen LogP) is 5.38. The molecular formula is C34H40N6O2. The van der Waals surface area contributed by atoms with Crippen molar-refractivity contribution >= 4 is 44.8 Å². The van der Waals surface area contributed by atoms with Gasteiger partial charge in [0.1, 0.15) is 0 Å². The van der Waals surface area contributed by atoms with E-state index >= 15 is 0 Å². The van der Waals surface area contributed by atoms with Gasteiger partial charge in [-0.05, 0) is 112 Å². The Balaban J connectivity index is 0.914. The third-order valence-corrected chi connectivity index (χ3v) is 8.92. The van der Waals surface area contributed by atoms with Crippen molar-refractivity contribution in [1.82, 2.24) is 20.6 Å². The number of fused-ring (bicyclic) bond motifs is 2. The molecule has 8 N–H and O–H groups in total. The third kappa shape index (κ3) is 6.05. The first-order chi connectivity index (χ1) is 20.5. The lowest BCUT2D eigenvalue weighted by Crippen LogP contribution is -2.33. The van der Waals surface area contributed by atoms with E-state index in [9.17, 15) is 9.59 Å². The molecule has 0 spiro atoms. The van der Waals surface area contributed by atoms with E-state index in [1.54, 1.807) is 12.1 Å². The summed E-state index contributed by atoms with van der Waals surface area (Å²) in [6.45, 7) is 2.07. The number of H-pyrrole nitrogens is 2. The Bertz CT molecular complexity index is 1550. The number of aromatic amines is 2. The normalized spacial score (nSPS) is 19.1. The molecule has 2 aromatic heterocycles. The molecule has 2 heterocycles. The summed E-state index contributed by atoms with van der Waals surface area (Å²) in [6.07, 6.45) is 17.4. The Labute approximate surface area is 246 Å². The summed E-state index contributed by atoms with van der Waals surface area (Å²) in [5.41, 5.74) is 19.2. The zero-order valence-corrected chi connectivity index (χ0v) is 24.0. The topological polar surface area (TPSA) is 142 Å². The van der Waals surface area contributed by atoms with Crippen LogP contribution in [0.25, 0.3) is 33.0 Å². The number of unbranched alkanes of at least 4 members (excludes halogenated alkanes) is 1. The summed E-state index contributed by atoms with van der Waals surface area (Å²) in [6, 6.07) is 12.2. The van der Waals surface area contributed by atoms with Crippen LogP contribution in [0.15, 0.2) is 60.9 Å². The van der Waals surface area contributed by atoms with E-state index in [2.05, 4.69) is 32.8 Å². The first-order valence-electron chi connectivity index (χ1n) is 15.1. The maximum absolute atomic E-state index is 11.6. The number of benzene rings is 2. The molecule has 2 atom stereocenters. The molecule has 42 heavy (non-hydrogen) atoms. The molecule has 4 aromatic rings. The highest BCUT2D eigenvalue weighted by atomic mass is 16.1. The molecule has 0 radical (unpaired) electrons. The number of rotatable bonds is 11. The van der Waals surface area contributed by atoms with Gasteiger partial charge in [0.15, 0.2) is 0 Å². The number of allylic oxidation sites excluding steroid dienone is 2. The molecule has 0 aliphatic heterocycles. The van der Waals surface area contributed by atoms with Crippen LogP contribution in [0, 0.1) is 0 Å². The Morgan fingerprint density at radius 2 is 1.17 bits per heavy atom. The van der Waals surface area contributed by atoms with Crippen LogP contribution < -0.4 is 22.1 Å². The summed E-state index contributed by atoms with van der Waals surface area (Å²) in [7, 11) is 0. The Morgan fingerprint density at radius 1 is 0.714 bits per heavy atom. The molecule has 2 amide bonds. The van der Waals surface area contributed by atoms with Crippen LogP contribution in [-0.2, 0) is 0 Å². The first kappa shape index (κ1) is 28.0. The summed E-state index contributed by atoms with van der Waals surface area (Å²) >= 11 is 0.